The van der Waals surface area contributed by atoms with Crippen molar-refractivity contribution in [2.45, 2.75) is 142 Å². The van der Waals surface area contributed by atoms with Crippen LogP contribution in [0.25, 0.3) is 0 Å². The van der Waals surface area contributed by atoms with Gasteiger partial charge in [-0.25, -0.2) is 0 Å². The molecule has 1 N–H and O–H groups in total. The summed E-state index contributed by atoms with van der Waals surface area (Å²) < 4.78 is 10.5. The summed E-state index contributed by atoms with van der Waals surface area (Å²) in [5, 5.41) is 9.51. The summed E-state index contributed by atoms with van der Waals surface area (Å²) in [7, 11) is 0. The quantitative estimate of drug-likeness (QED) is 0.0489. The fourth-order valence-electron chi connectivity index (χ4n) is 4.25. The third-order valence-corrected chi connectivity index (χ3v) is 6.92. The molecule has 0 spiro atoms. The number of allylic oxidation sites excluding steroid dienone is 14. The minimum absolute atomic E-state index is 0.101. The van der Waals surface area contributed by atoms with E-state index < -0.39 is 6.10 Å². The first-order chi connectivity index (χ1) is 22.1. The van der Waals surface area contributed by atoms with Crippen molar-refractivity contribution in [2.24, 2.45) is 0 Å². The number of hydrogen-bond acceptors (Lipinski definition) is 5. The van der Waals surface area contributed by atoms with Gasteiger partial charge >= 0.3 is 11.9 Å². The number of carbonyl (C=O) groups excluding carboxylic acids is 2. The zero-order valence-electron chi connectivity index (χ0n) is 28.6. The van der Waals surface area contributed by atoms with Crippen molar-refractivity contribution in [3.63, 3.8) is 0 Å². The Morgan fingerprint density at radius 3 is 1.51 bits per heavy atom. The molecule has 0 aromatic rings. The van der Waals surface area contributed by atoms with E-state index in [2.05, 4.69) is 98.9 Å². The second-order valence-electron chi connectivity index (χ2n) is 11.2. The fraction of sp³-hybridized carbons (Fsp3) is 0.600. The molecule has 0 amide bonds. The van der Waals surface area contributed by atoms with E-state index in [9.17, 15) is 14.7 Å². The van der Waals surface area contributed by atoms with E-state index in [4.69, 9.17) is 9.47 Å². The molecule has 0 bridgehead atoms. The summed E-state index contributed by atoms with van der Waals surface area (Å²) in [5.74, 6) is -0.687. The van der Waals surface area contributed by atoms with E-state index in [0.717, 1.165) is 77.0 Å². The standard InChI is InChI=1S/C40H64O5/c1-3-5-7-9-11-13-15-17-19-20-21-23-25-27-29-31-33-35-40(43)45-38(36-41)37-44-39(42)34-32-30-28-26-24-22-18-16-14-12-10-8-6-4-2/h5,7,10-13,16-19,21,23,27,29,38,41H,3-4,6,8-9,14-15,20,22,24-26,28,30-37H2,1-2H3/b7-5+,12-10+,13-11+,18-16+,19-17+,23-21+,29-27+/t38-/m0/s1. The molecular formula is C40H64O5. The molecule has 5 heteroatoms. The Kier molecular flexibility index (Phi) is 33.3. The molecule has 0 radical (unpaired) electrons. The van der Waals surface area contributed by atoms with Gasteiger partial charge in [0.15, 0.2) is 6.10 Å². The lowest BCUT2D eigenvalue weighted by Crippen LogP contribution is -2.28. The Balaban J connectivity index is 3.75. The van der Waals surface area contributed by atoms with Crippen LogP contribution >= 0.6 is 0 Å². The summed E-state index contributed by atoms with van der Waals surface area (Å²) in [4.78, 5) is 24.1. The maximum atomic E-state index is 12.1. The maximum Gasteiger partial charge on any atom is 0.306 e. The molecule has 254 valence electrons. The highest BCUT2D eigenvalue weighted by atomic mass is 16.6. The topological polar surface area (TPSA) is 72.8 Å². The van der Waals surface area contributed by atoms with E-state index >= 15 is 0 Å². The van der Waals surface area contributed by atoms with Crippen LogP contribution in [-0.4, -0.2) is 36.4 Å². The normalized spacial score (nSPS) is 13.2. The van der Waals surface area contributed by atoms with Crippen LogP contribution in [0.5, 0.6) is 0 Å². The van der Waals surface area contributed by atoms with Crippen LogP contribution < -0.4 is 0 Å². The van der Waals surface area contributed by atoms with Crippen molar-refractivity contribution in [1.29, 1.82) is 0 Å². The number of ether oxygens (including phenoxy) is 2. The predicted molar refractivity (Wildman–Crippen MR) is 191 cm³/mol. The van der Waals surface area contributed by atoms with Gasteiger partial charge in [-0.2, -0.15) is 0 Å². The minimum Gasteiger partial charge on any atom is -0.462 e. The van der Waals surface area contributed by atoms with Gasteiger partial charge in [0.25, 0.3) is 0 Å². The molecule has 0 aliphatic carbocycles. The molecule has 45 heavy (non-hydrogen) atoms. The van der Waals surface area contributed by atoms with Crippen LogP contribution in [0.3, 0.4) is 0 Å². The molecule has 0 saturated heterocycles. The highest BCUT2D eigenvalue weighted by Gasteiger charge is 2.15. The molecule has 1 atom stereocenters. The minimum atomic E-state index is -0.810. The Morgan fingerprint density at radius 1 is 0.533 bits per heavy atom. The van der Waals surface area contributed by atoms with Gasteiger partial charge in [-0.3, -0.25) is 9.59 Å². The average Bonchev–Trinajstić information content (AvgIpc) is 3.04. The Bertz CT molecular complexity index is 890. The van der Waals surface area contributed by atoms with Crippen molar-refractivity contribution in [3.05, 3.63) is 85.1 Å². The number of unbranched alkanes of at least 4 members (excludes halogenated alkanes) is 8. The third-order valence-electron chi connectivity index (χ3n) is 6.92. The summed E-state index contributed by atoms with van der Waals surface area (Å²) in [6, 6.07) is 0. The molecular weight excluding hydrogens is 560 g/mol. The van der Waals surface area contributed by atoms with Crippen LogP contribution in [0.15, 0.2) is 85.1 Å². The number of esters is 2. The molecule has 0 fully saturated rings. The fourth-order valence-corrected chi connectivity index (χ4v) is 4.25. The van der Waals surface area contributed by atoms with Gasteiger partial charge in [-0.15, -0.1) is 0 Å². The highest BCUT2D eigenvalue weighted by Crippen LogP contribution is 2.09. The third kappa shape index (κ3) is 33.8. The van der Waals surface area contributed by atoms with Crippen molar-refractivity contribution in [2.75, 3.05) is 13.2 Å². The van der Waals surface area contributed by atoms with E-state index in [1.807, 2.05) is 0 Å². The summed E-state index contributed by atoms with van der Waals surface area (Å²) in [6.45, 7) is 3.89. The van der Waals surface area contributed by atoms with Crippen molar-refractivity contribution in [3.8, 4) is 0 Å². The van der Waals surface area contributed by atoms with Gasteiger partial charge in [0.05, 0.1) is 6.61 Å². The van der Waals surface area contributed by atoms with E-state index in [-0.39, 0.29) is 31.6 Å². The molecule has 0 heterocycles. The monoisotopic (exact) mass is 624 g/mol. The van der Waals surface area contributed by atoms with Crippen molar-refractivity contribution >= 4 is 11.9 Å². The number of aliphatic hydroxyl groups is 1. The van der Waals surface area contributed by atoms with Crippen LogP contribution in [0.1, 0.15) is 136 Å². The summed E-state index contributed by atoms with van der Waals surface area (Å²) >= 11 is 0. The second kappa shape index (κ2) is 35.6. The van der Waals surface area contributed by atoms with Crippen LogP contribution in [-0.2, 0) is 19.1 Å². The van der Waals surface area contributed by atoms with E-state index in [0.29, 0.717) is 12.8 Å². The number of aliphatic hydroxyl groups excluding tert-OH is 1. The Labute approximate surface area is 275 Å². The predicted octanol–water partition coefficient (Wildman–Crippen LogP) is 10.8. The molecule has 5 nitrogen and oxygen atoms in total. The number of hydrogen-bond donors (Lipinski definition) is 1. The van der Waals surface area contributed by atoms with E-state index in [1.54, 1.807) is 0 Å². The molecule has 0 aromatic carbocycles. The SMILES string of the molecule is CC/C=C/C/C=C/C/C=C/C/C=C/C/C=C/CCCC(=O)O[C@@H](CO)COC(=O)CCCCCCC/C=C/C/C=C/CCCC. The highest BCUT2D eigenvalue weighted by molar-refractivity contribution is 5.70. The second-order valence-corrected chi connectivity index (χ2v) is 11.2. The smallest absolute Gasteiger partial charge is 0.306 e. The molecule has 0 aliphatic heterocycles. The van der Waals surface area contributed by atoms with Gasteiger partial charge < -0.3 is 14.6 Å². The lowest BCUT2D eigenvalue weighted by molar-refractivity contribution is -0.161. The number of carbonyl (C=O) groups is 2. The lowest BCUT2D eigenvalue weighted by atomic mass is 10.1. The van der Waals surface area contributed by atoms with Gasteiger partial charge in [0.1, 0.15) is 6.61 Å². The number of rotatable bonds is 30. The lowest BCUT2D eigenvalue weighted by Gasteiger charge is -2.15. The zero-order chi connectivity index (χ0) is 32.9. The molecule has 0 aromatic heterocycles. The zero-order valence-corrected chi connectivity index (χ0v) is 28.6. The first-order valence-corrected chi connectivity index (χ1v) is 17.6. The van der Waals surface area contributed by atoms with Gasteiger partial charge in [-0.05, 0) is 77.0 Å². The summed E-state index contributed by atoms with van der Waals surface area (Å²) in [6.07, 6.45) is 47.8. The first-order valence-electron chi connectivity index (χ1n) is 17.6. The van der Waals surface area contributed by atoms with Gasteiger partial charge in [0, 0.05) is 12.8 Å². The van der Waals surface area contributed by atoms with Crippen LogP contribution in [0.2, 0.25) is 0 Å². The maximum absolute atomic E-state index is 12.1. The Morgan fingerprint density at radius 2 is 0.978 bits per heavy atom. The van der Waals surface area contributed by atoms with Crippen molar-refractivity contribution < 1.29 is 24.2 Å². The van der Waals surface area contributed by atoms with E-state index in [1.165, 1.54) is 25.7 Å². The van der Waals surface area contributed by atoms with Crippen molar-refractivity contribution in [1.82, 2.24) is 0 Å². The van der Waals surface area contributed by atoms with Gasteiger partial charge in [0.2, 0.25) is 0 Å². The molecule has 0 saturated carbocycles. The largest absolute Gasteiger partial charge is 0.462 e. The van der Waals surface area contributed by atoms with Crippen LogP contribution in [0, 0.1) is 0 Å². The molecule has 0 rings (SSSR count). The van der Waals surface area contributed by atoms with Gasteiger partial charge in [-0.1, -0.05) is 131 Å². The summed E-state index contributed by atoms with van der Waals surface area (Å²) in [5.41, 5.74) is 0. The molecule has 0 unspecified atom stereocenters. The first kappa shape index (κ1) is 42.1. The Hall–Kier alpha value is -2.92. The van der Waals surface area contributed by atoms with Crippen LogP contribution in [0.4, 0.5) is 0 Å². The molecule has 0 aliphatic rings. The average molecular weight is 625 g/mol.